The topological polar surface area (TPSA) is 54.4 Å². The third kappa shape index (κ3) is 0.765. The quantitative estimate of drug-likeness (QED) is 0.640. The Kier molecular flexibility index (Phi) is 1.50. The minimum atomic E-state index is -0.758. The van der Waals surface area contributed by atoms with Crippen molar-refractivity contribution in [1.82, 2.24) is 0 Å². The van der Waals surface area contributed by atoms with E-state index >= 15 is 0 Å². The Hall–Kier alpha value is -0.860. The summed E-state index contributed by atoms with van der Waals surface area (Å²) in [6.07, 6.45) is 3.57. The first-order valence-electron chi connectivity index (χ1n) is 4.43. The molecule has 3 heteroatoms. The lowest BCUT2D eigenvalue weighted by Crippen LogP contribution is -2.52. The van der Waals surface area contributed by atoms with Crippen molar-refractivity contribution in [2.24, 2.45) is 11.3 Å². The highest BCUT2D eigenvalue weighted by Gasteiger charge is 2.57. The smallest absolute Gasteiger partial charge is 0.310 e. The summed E-state index contributed by atoms with van der Waals surface area (Å²) in [4.78, 5) is 22.2. The summed E-state index contributed by atoms with van der Waals surface area (Å²) in [6.45, 7) is 0. The summed E-state index contributed by atoms with van der Waals surface area (Å²) in [5, 5.41) is 8.98. The van der Waals surface area contributed by atoms with Crippen LogP contribution in [-0.2, 0) is 9.59 Å². The number of carboxylic acids is 1. The molecule has 0 aliphatic heterocycles. The largest absolute Gasteiger partial charge is 0.481 e. The molecule has 0 saturated heterocycles. The van der Waals surface area contributed by atoms with Crippen LogP contribution in [0, 0.1) is 11.3 Å². The van der Waals surface area contributed by atoms with Gasteiger partial charge in [0.2, 0.25) is 0 Å². The Morgan fingerprint density at radius 1 is 1.50 bits per heavy atom. The SMILES string of the molecule is O=C1CCCC2(C(=O)O)CCC12. The Labute approximate surface area is 70.8 Å². The average Bonchev–Trinajstić information content (AvgIpc) is 1.92. The van der Waals surface area contributed by atoms with Crippen molar-refractivity contribution < 1.29 is 14.7 Å². The van der Waals surface area contributed by atoms with Crippen LogP contribution in [0.4, 0.5) is 0 Å². The number of hydrogen-bond acceptors (Lipinski definition) is 2. The second-order valence-electron chi connectivity index (χ2n) is 3.87. The van der Waals surface area contributed by atoms with Crippen molar-refractivity contribution in [2.75, 3.05) is 0 Å². The van der Waals surface area contributed by atoms with Gasteiger partial charge in [-0.15, -0.1) is 0 Å². The highest BCUT2D eigenvalue weighted by Crippen LogP contribution is 2.54. The van der Waals surface area contributed by atoms with E-state index < -0.39 is 11.4 Å². The van der Waals surface area contributed by atoms with E-state index in [9.17, 15) is 9.59 Å². The van der Waals surface area contributed by atoms with Crippen molar-refractivity contribution in [2.45, 2.75) is 32.1 Å². The molecular formula is C9H12O3. The van der Waals surface area contributed by atoms with E-state index in [1.165, 1.54) is 0 Å². The first-order chi connectivity index (χ1) is 5.67. The van der Waals surface area contributed by atoms with Crippen LogP contribution in [0.5, 0.6) is 0 Å². The summed E-state index contributed by atoms with van der Waals surface area (Å²) in [5.74, 6) is -0.731. The van der Waals surface area contributed by atoms with E-state index in [0.717, 1.165) is 12.8 Å². The summed E-state index contributed by atoms with van der Waals surface area (Å²) in [6, 6.07) is 0. The zero-order valence-corrected chi connectivity index (χ0v) is 6.88. The lowest BCUT2D eigenvalue weighted by atomic mass is 9.53. The van der Waals surface area contributed by atoms with Crippen LogP contribution in [0.1, 0.15) is 32.1 Å². The number of carboxylic acid groups (broad SMARTS) is 1. The van der Waals surface area contributed by atoms with Crippen molar-refractivity contribution in [3.63, 3.8) is 0 Å². The molecule has 2 atom stereocenters. The van der Waals surface area contributed by atoms with Crippen LogP contribution in [0.25, 0.3) is 0 Å². The lowest BCUT2D eigenvalue weighted by molar-refractivity contribution is -0.170. The van der Waals surface area contributed by atoms with Gasteiger partial charge in [-0.1, -0.05) is 0 Å². The van der Waals surface area contributed by atoms with E-state index in [1.807, 2.05) is 0 Å². The number of Topliss-reactive ketones (excluding diaryl/α,β-unsaturated/α-hetero) is 1. The van der Waals surface area contributed by atoms with E-state index in [1.54, 1.807) is 0 Å². The predicted molar refractivity (Wildman–Crippen MR) is 41.7 cm³/mol. The summed E-state index contributed by atoms with van der Waals surface area (Å²) in [7, 11) is 0. The van der Waals surface area contributed by atoms with Crippen LogP contribution < -0.4 is 0 Å². The second-order valence-corrected chi connectivity index (χ2v) is 3.87. The molecule has 12 heavy (non-hydrogen) atoms. The van der Waals surface area contributed by atoms with Gasteiger partial charge in [-0.3, -0.25) is 9.59 Å². The van der Waals surface area contributed by atoms with Gasteiger partial charge in [-0.25, -0.2) is 0 Å². The van der Waals surface area contributed by atoms with Crippen molar-refractivity contribution >= 4 is 11.8 Å². The maximum Gasteiger partial charge on any atom is 0.310 e. The number of rotatable bonds is 1. The fourth-order valence-electron chi connectivity index (χ4n) is 2.52. The van der Waals surface area contributed by atoms with Gasteiger partial charge >= 0.3 is 5.97 Å². The number of aliphatic carboxylic acids is 1. The molecule has 0 bridgehead atoms. The number of fused-ring (bicyclic) bond motifs is 1. The molecule has 0 radical (unpaired) electrons. The molecular weight excluding hydrogens is 156 g/mol. The maximum atomic E-state index is 11.3. The molecule has 0 amide bonds. The van der Waals surface area contributed by atoms with Gasteiger partial charge in [0.25, 0.3) is 0 Å². The Balaban J connectivity index is 2.25. The van der Waals surface area contributed by atoms with Crippen molar-refractivity contribution in [3.05, 3.63) is 0 Å². The van der Waals surface area contributed by atoms with Gasteiger partial charge in [-0.2, -0.15) is 0 Å². The summed E-state index contributed by atoms with van der Waals surface area (Å²) in [5.41, 5.74) is -0.644. The van der Waals surface area contributed by atoms with Crippen LogP contribution in [-0.4, -0.2) is 16.9 Å². The minimum absolute atomic E-state index is 0.149. The fraction of sp³-hybridized carbons (Fsp3) is 0.778. The highest BCUT2D eigenvalue weighted by atomic mass is 16.4. The molecule has 3 nitrogen and oxygen atoms in total. The standard InChI is InChI=1S/C9H12O3/c10-7-2-1-4-9(8(11)12)5-3-6(7)9/h6H,1-5H2,(H,11,12). The molecule has 2 aliphatic rings. The van der Waals surface area contributed by atoms with Gasteiger partial charge in [0, 0.05) is 12.3 Å². The van der Waals surface area contributed by atoms with Crippen LogP contribution in [0.3, 0.4) is 0 Å². The summed E-state index contributed by atoms with van der Waals surface area (Å²) < 4.78 is 0. The van der Waals surface area contributed by atoms with Gasteiger partial charge in [0.05, 0.1) is 5.41 Å². The van der Waals surface area contributed by atoms with E-state index in [0.29, 0.717) is 19.3 Å². The molecule has 0 aromatic heterocycles. The zero-order chi connectivity index (χ0) is 8.77. The minimum Gasteiger partial charge on any atom is -0.481 e. The predicted octanol–water partition coefficient (Wildman–Crippen LogP) is 1.22. The Morgan fingerprint density at radius 2 is 2.25 bits per heavy atom. The van der Waals surface area contributed by atoms with E-state index in [2.05, 4.69) is 0 Å². The number of carbonyl (C=O) groups excluding carboxylic acids is 1. The van der Waals surface area contributed by atoms with Crippen LogP contribution >= 0.6 is 0 Å². The van der Waals surface area contributed by atoms with Gasteiger partial charge < -0.3 is 5.11 Å². The molecule has 0 aromatic rings. The summed E-state index contributed by atoms with van der Waals surface area (Å²) >= 11 is 0. The fourth-order valence-corrected chi connectivity index (χ4v) is 2.52. The molecule has 2 saturated carbocycles. The highest BCUT2D eigenvalue weighted by molar-refractivity contribution is 5.91. The number of hydrogen-bond donors (Lipinski definition) is 1. The van der Waals surface area contributed by atoms with E-state index in [4.69, 9.17) is 5.11 Å². The van der Waals surface area contributed by atoms with Gasteiger partial charge in [0.15, 0.2) is 0 Å². The van der Waals surface area contributed by atoms with Crippen molar-refractivity contribution in [1.29, 1.82) is 0 Å². The molecule has 2 rings (SSSR count). The Bertz CT molecular complexity index is 244. The maximum absolute atomic E-state index is 11.3. The van der Waals surface area contributed by atoms with Gasteiger partial charge in [0.1, 0.15) is 5.78 Å². The van der Waals surface area contributed by atoms with Gasteiger partial charge in [-0.05, 0) is 25.7 Å². The average molecular weight is 168 g/mol. The van der Waals surface area contributed by atoms with Crippen LogP contribution in [0.15, 0.2) is 0 Å². The zero-order valence-electron chi connectivity index (χ0n) is 6.88. The molecule has 2 unspecified atom stereocenters. The van der Waals surface area contributed by atoms with Crippen LogP contribution in [0.2, 0.25) is 0 Å². The van der Waals surface area contributed by atoms with Crippen molar-refractivity contribution in [3.8, 4) is 0 Å². The third-order valence-electron chi connectivity index (χ3n) is 3.41. The first kappa shape index (κ1) is 7.77. The van der Waals surface area contributed by atoms with E-state index in [-0.39, 0.29) is 11.7 Å². The molecule has 2 aliphatic carbocycles. The molecule has 1 N–H and O–H groups in total. The second kappa shape index (κ2) is 2.31. The molecule has 0 heterocycles. The Morgan fingerprint density at radius 3 is 2.67 bits per heavy atom. The normalized spacial score (nSPS) is 40.0. The first-order valence-corrected chi connectivity index (χ1v) is 4.43. The molecule has 2 fully saturated rings. The number of carbonyl (C=O) groups is 2. The molecule has 0 aromatic carbocycles. The number of ketones is 1. The molecule has 66 valence electrons. The monoisotopic (exact) mass is 168 g/mol. The molecule has 0 spiro atoms. The third-order valence-corrected chi connectivity index (χ3v) is 3.41. The lowest BCUT2D eigenvalue weighted by Gasteiger charge is -2.48.